The van der Waals surface area contributed by atoms with E-state index in [1.807, 2.05) is 16.8 Å². The number of ether oxygens (including phenoxy) is 2. The van der Waals surface area contributed by atoms with Crippen LogP contribution in [0.3, 0.4) is 0 Å². The zero-order chi connectivity index (χ0) is 37.4. The summed E-state index contributed by atoms with van der Waals surface area (Å²) in [6.07, 6.45) is 1.49. The highest BCUT2D eigenvalue weighted by molar-refractivity contribution is 7.08. The van der Waals surface area contributed by atoms with E-state index in [-0.39, 0.29) is 31.8 Å². The van der Waals surface area contributed by atoms with Crippen molar-refractivity contribution in [3.05, 3.63) is 105 Å². The predicted octanol–water partition coefficient (Wildman–Crippen LogP) is 6.14. The van der Waals surface area contributed by atoms with Gasteiger partial charge in [-0.25, -0.2) is 9.79 Å². The van der Waals surface area contributed by atoms with Crippen molar-refractivity contribution in [1.82, 2.24) is 9.80 Å². The smallest absolute Gasteiger partial charge is 0.343 e. The lowest BCUT2D eigenvalue weighted by atomic mass is 9.93. The molecule has 4 aromatic rings. The predicted molar refractivity (Wildman–Crippen MR) is 204 cm³/mol. The van der Waals surface area contributed by atoms with Crippen LogP contribution in [0.2, 0.25) is 5.02 Å². The molecule has 1 aromatic heterocycles. The molecule has 0 spiro atoms. The Labute approximate surface area is 316 Å². The minimum Gasteiger partial charge on any atom is -0.507 e. The lowest BCUT2D eigenvalue weighted by Crippen LogP contribution is -2.61. The molecule has 2 aliphatic heterocycles. The monoisotopic (exact) mass is 754 g/mol. The molecule has 3 heterocycles. The van der Waals surface area contributed by atoms with Crippen molar-refractivity contribution >= 4 is 52.7 Å². The average Bonchev–Trinajstić information content (AvgIpc) is 3.65. The Morgan fingerprint density at radius 2 is 1.66 bits per heavy atom. The van der Waals surface area contributed by atoms with Gasteiger partial charge in [0.25, 0.3) is 0 Å². The molecule has 0 bridgehead atoms. The van der Waals surface area contributed by atoms with E-state index in [1.165, 1.54) is 22.5 Å². The lowest BCUT2D eigenvalue weighted by Gasteiger charge is -2.45. The summed E-state index contributed by atoms with van der Waals surface area (Å²) in [6, 6.07) is 19.0. The van der Waals surface area contributed by atoms with E-state index in [1.54, 1.807) is 78.6 Å². The number of hydrogen-bond acceptors (Lipinski definition) is 8. The van der Waals surface area contributed by atoms with Crippen molar-refractivity contribution in [2.45, 2.75) is 37.5 Å². The SMILES string of the molecule is C[C@@H](C(=O)Nc1ccc(C#Cc2cscc2-c2cc(Cl)ccc2O)cc1)N(C(=O)C(/C=N/C(=O)N1CCOCC1)c1ccccc1)C1(O)CCOCC1. The standard InChI is InChI=1S/C40H39ClN4O7S/c1-27(37(47)43-32-12-8-28(9-13-32)7-10-30-25-53-26-35(30)33-23-31(41)11-14-36(33)46)45(40(50)15-19-51-20-16-40)38(48)34(29-5-3-2-4-6-29)24-42-39(49)44-17-21-52-22-18-44/h2-6,8-9,11-14,23-27,34,46,50H,15-22H2,1H3,(H,43,47)/b42-24+/t27-,34?/m0/s1. The number of nitrogens with zero attached hydrogens (tertiary/aromatic N) is 3. The number of hydrogen-bond donors (Lipinski definition) is 3. The molecule has 2 aliphatic rings. The number of aliphatic hydroxyl groups is 1. The number of thiophene rings is 1. The van der Waals surface area contributed by atoms with E-state index in [9.17, 15) is 24.6 Å². The van der Waals surface area contributed by atoms with Gasteiger partial charge < -0.3 is 34.8 Å². The first kappa shape index (κ1) is 37.7. The van der Waals surface area contributed by atoms with Gasteiger partial charge >= 0.3 is 6.03 Å². The molecule has 2 fully saturated rings. The minimum atomic E-state index is -1.69. The molecule has 3 aromatic carbocycles. The molecular weight excluding hydrogens is 716 g/mol. The molecular formula is C40H39ClN4O7S. The number of phenols is 1. The van der Waals surface area contributed by atoms with Gasteiger partial charge in [0.1, 0.15) is 17.5 Å². The summed E-state index contributed by atoms with van der Waals surface area (Å²) in [5.41, 5.74) is 2.12. The maximum atomic E-state index is 14.6. The highest BCUT2D eigenvalue weighted by atomic mass is 35.5. The summed E-state index contributed by atoms with van der Waals surface area (Å²) >= 11 is 7.63. The second-order valence-corrected chi connectivity index (χ2v) is 13.9. The Morgan fingerprint density at radius 3 is 2.38 bits per heavy atom. The number of anilines is 1. The summed E-state index contributed by atoms with van der Waals surface area (Å²) in [5, 5.41) is 29.5. The van der Waals surface area contributed by atoms with E-state index in [4.69, 9.17) is 21.1 Å². The Balaban J connectivity index is 1.21. The van der Waals surface area contributed by atoms with Gasteiger partial charge in [-0.3, -0.25) is 9.59 Å². The van der Waals surface area contributed by atoms with Crippen LogP contribution in [0.15, 0.2) is 88.5 Å². The molecule has 4 amide bonds. The third-order valence-electron chi connectivity index (χ3n) is 9.19. The molecule has 0 aliphatic carbocycles. The summed E-state index contributed by atoms with van der Waals surface area (Å²) in [7, 11) is 0. The number of urea groups is 1. The summed E-state index contributed by atoms with van der Waals surface area (Å²) in [6.45, 7) is 3.55. The van der Waals surface area contributed by atoms with Crippen LogP contribution in [0.1, 0.15) is 42.4 Å². The number of morpholine rings is 1. The Kier molecular flexibility index (Phi) is 12.2. The molecule has 6 rings (SSSR count). The van der Waals surface area contributed by atoms with Crippen LogP contribution in [0.4, 0.5) is 10.5 Å². The third-order valence-corrected chi connectivity index (χ3v) is 10.2. The highest BCUT2D eigenvalue weighted by Crippen LogP contribution is 2.36. The number of carbonyl (C=O) groups excluding carboxylic acids is 3. The van der Waals surface area contributed by atoms with Gasteiger partial charge in [0.15, 0.2) is 0 Å². The van der Waals surface area contributed by atoms with E-state index in [0.717, 1.165) is 11.1 Å². The number of aromatic hydroxyl groups is 1. The van der Waals surface area contributed by atoms with Gasteiger partial charge in [0.05, 0.1) is 32.3 Å². The fourth-order valence-electron chi connectivity index (χ4n) is 6.24. The number of nitrogens with one attached hydrogen (secondary N) is 1. The van der Waals surface area contributed by atoms with E-state index < -0.39 is 35.5 Å². The Morgan fingerprint density at radius 1 is 0.962 bits per heavy atom. The Bertz CT molecular complexity index is 2010. The van der Waals surface area contributed by atoms with Gasteiger partial charge in [0.2, 0.25) is 11.8 Å². The average molecular weight is 755 g/mol. The highest BCUT2D eigenvalue weighted by Gasteiger charge is 2.46. The van der Waals surface area contributed by atoms with Crippen LogP contribution in [-0.4, -0.2) is 95.4 Å². The molecule has 3 N–H and O–H groups in total. The molecule has 13 heteroatoms. The maximum Gasteiger partial charge on any atom is 0.343 e. The number of amides is 4. The second-order valence-electron chi connectivity index (χ2n) is 12.7. The summed E-state index contributed by atoms with van der Waals surface area (Å²) in [4.78, 5) is 48.3. The van der Waals surface area contributed by atoms with Crippen LogP contribution < -0.4 is 5.32 Å². The largest absolute Gasteiger partial charge is 0.507 e. The van der Waals surface area contributed by atoms with Gasteiger partial charge in [-0.1, -0.05) is 53.8 Å². The number of phenolic OH excluding ortho intramolecular Hbond substituents is 1. The normalized spacial score (nSPS) is 16.6. The van der Waals surface area contributed by atoms with E-state index >= 15 is 0 Å². The quantitative estimate of drug-likeness (QED) is 0.112. The van der Waals surface area contributed by atoms with Gasteiger partial charge in [-0.05, 0) is 60.3 Å². The van der Waals surface area contributed by atoms with Gasteiger partial charge in [0, 0.05) is 70.5 Å². The van der Waals surface area contributed by atoms with Crippen molar-refractivity contribution in [1.29, 1.82) is 0 Å². The van der Waals surface area contributed by atoms with Crippen LogP contribution in [0.25, 0.3) is 11.1 Å². The number of rotatable bonds is 8. The van der Waals surface area contributed by atoms with E-state index in [0.29, 0.717) is 53.7 Å². The molecule has 1 unspecified atom stereocenters. The third kappa shape index (κ3) is 9.14. The number of aliphatic imine (C=N–C) groups is 1. The van der Waals surface area contributed by atoms with E-state index in [2.05, 4.69) is 22.2 Å². The van der Waals surface area contributed by atoms with Crippen molar-refractivity contribution < 1.29 is 34.1 Å². The van der Waals surface area contributed by atoms with Crippen LogP contribution in [-0.2, 0) is 19.1 Å². The summed E-state index contributed by atoms with van der Waals surface area (Å²) < 4.78 is 10.8. The first-order chi connectivity index (χ1) is 25.6. The zero-order valence-corrected chi connectivity index (χ0v) is 30.6. The van der Waals surface area contributed by atoms with Gasteiger partial charge in [-0.2, -0.15) is 11.3 Å². The topological polar surface area (TPSA) is 141 Å². The fourth-order valence-corrected chi connectivity index (χ4v) is 7.19. The van der Waals surface area contributed by atoms with Crippen molar-refractivity contribution in [3.8, 4) is 28.7 Å². The zero-order valence-electron chi connectivity index (χ0n) is 29.0. The molecule has 11 nitrogen and oxygen atoms in total. The maximum absolute atomic E-state index is 14.6. The van der Waals surface area contributed by atoms with Crippen molar-refractivity contribution in [2.24, 2.45) is 4.99 Å². The van der Waals surface area contributed by atoms with Gasteiger partial charge in [-0.15, -0.1) is 0 Å². The molecule has 53 heavy (non-hydrogen) atoms. The van der Waals surface area contributed by atoms with Crippen molar-refractivity contribution in [3.63, 3.8) is 0 Å². The molecule has 2 atom stereocenters. The van der Waals surface area contributed by atoms with Crippen LogP contribution >= 0.6 is 22.9 Å². The molecule has 0 saturated carbocycles. The summed E-state index contributed by atoms with van der Waals surface area (Å²) in [5.74, 6) is 4.24. The minimum absolute atomic E-state index is 0.0951. The number of carbonyl (C=O) groups is 3. The second kappa shape index (κ2) is 17.2. The Hall–Kier alpha value is -5.03. The first-order valence-electron chi connectivity index (χ1n) is 17.2. The lowest BCUT2D eigenvalue weighted by molar-refractivity contribution is -0.190. The molecule has 2 saturated heterocycles. The number of benzene rings is 3. The van der Waals surface area contributed by atoms with Crippen molar-refractivity contribution in [2.75, 3.05) is 44.8 Å². The molecule has 0 radical (unpaired) electrons. The van der Waals surface area contributed by atoms with Crippen LogP contribution in [0, 0.1) is 11.8 Å². The fraction of sp³-hybridized carbons (Fsp3) is 0.300. The first-order valence-corrected chi connectivity index (χ1v) is 18.5. The number of halogens is 1. The molecule has 274 valence electrons. The van der Waals surface area contributed by atoms with Crippen LogP contribution in [0.5, 0.6) is 5.75 Å².